The summed E-state index contributed by atoms with van der Waals surface area (Å²) < 4.78 is 50.1. The van der Waals surface area contributed by atoms with Gasteiger partial charge in [-0.05, 0) is 23.2 Å². The van der Waals surface area contributed by atoms with Gasteiger partial charge in [0.25, 0.3) is 0 Å². The summed E-state index contributed by atoms with van der Waals surface area (Å²) in [4.78, 5) is 2.35. The summed E-state index contributed by atoms with van der Waals surface area (Å²) in [7, 11) is 0. The minimum Gasteiger partial charge on any atom is -0.390 e. The lowest BCUT2D eigenvalue weighted by molar-refractivity contribution is -0.140. The van der Waals surface area contributed by atoms with Crippen LogP contribution in [0.2, 0.25) is 0 Å². The Morgan fingerprint density at radius 2 is 1.95 bits per heavy atom. The van der Waals surface area contributed by atoms with Gasteiger partial charge in [0.15, 0.2) is 0 Å². The molecule has 0 amide bonds. The number of aliphatic hydroxyl groups excluding tert-OH is 2. The van der Waals surface area contributed by atoms with Crippen molar-refractivity contribution in [3.8, 4) is 0 Å². The second-order valence-electron chi connectivity index (χ2n) is 3.66. The number of benzene rings is 1. The zero-order valence-corrected chi connectivity index (χ0v) is 9.34. The quantitative estimate of drug-likeness (QED) is 0.384. The molecule has 0 aromatic heterocycles. The molecule has 0 aliphatic carbocycles. The molecule has 19 heavy (non-hydrogen) atoms. The van der Waals surface area contributed by atoms with Gasteiger partial charge in [0, 0.05) is 4.91 Å². The molecule has 0 bridgehead atoms. The van der Waals surface area contributed by atoms with E-state index in [1.165, 1.54) is 0 Å². The Hall–Kier alpha value is -1.83. The van der Waals surface area contributed by atoms with Gasteiger partial charge in [0.2, 0.25) is 0 Å². The van der Waals surface area contributed by atoms with Gasteiger partial charge in [-0.25, -0.2) is 4.39 Å². The summed E-state index contributed by atoms with van der Waals surface area (Å²) in [6.07, 6.45) is -8.02. The van der Waals surface area contributed by atoms with Gasteiger partial charge in [-0.15, -0.1) is 0 Å². The summed E-state index contributed by atoms with van der Waals surface area (Å²) in [5.41, 5.74) is 6.31. The molecule has 0 saturated heterocycles. The number of hydrogen-bond acceptors (Lipinski definition) is 3. The fraction of sp³-hybridized carbons (Fsp3) is 0.400. The first-order chi connectivity index (χ1) is 8.77. The highest BCUT2D eigenvalue weighted by Gasteiger charge is 2.34. The second kappa shape index (κ2) is 5.87. The lowest BCUT2D eigenvalue weighted by atomic mass is 10.0. The van der Waals surface area contributed by atoms with Crippen LogP contribution in [0.3, 0.4) is 0 Å². The molecule has 0 saturated carbocycles. The number of rotatable bonds is 4. The Bertz CT molecular complexity index is 500. The molecule has 1 aromatic carbocycles. The van der Waals surface area contributed by atoms with Crippen LogP contribution in [0, 0.1) is 5.82 Å². The van der Waals surface area contributed by atoms with Gasteiger partial charge in [-0.2, -0.15) is 13.2 Å². The Balaban J connectivity index is 2.97. The molecule has 9 heteroatoms. The van der Waals surface area contributed by atoms with Gasteiger partial charge in [0.05, 0.1) is 18.2 Å². The number of alkyl halides is 3. The van der Waals surface area contributed by atoms with Crippen molar-refractivity contribution in [2.75, 3.05) is 6.54 Å². The fourth-order valence-electron chi connectivity index (χ4n) is 1.39. The maximum Gasteiger partial charge on any atom is 0.419 e. The molecule has 1 rings (SSSR count). The van der Waals surface area contributed by atoms with Gasteiger partial charge >= 0.3 is 6.18 Å². The number of nitrogens with zero attached hydrogens (tertiary/aromatic N) is 3. The topological polar surface area (TPSA) is 89.2 Å². The molecule has 0 spiro atoms. The lowest BCUT2D eigenvalue weighted by Crippen LogP contribution is -2.21. The maximum absolute atomic E-state index is 13.2. The van der Waals surface area contributed by atoms with Crippen LogP contribution in [0.15, 0.2) is 23.3 Å². The molecule has 1 aromatic rings. The predicted molar refractivity (Wildman–Crippen MR) is 56.4 cm³/mol. The van der Waals surface area contributed by atoms with Crippen LogP contribution in [0.25, 0.3) is 10.4 Å². The normalized spacial score (nSPS) is 14.6. The van der Waals surface area contributed by atoms with Crippen molar-refractivity contribution in [2.24, 2.45) is 5.11 Å². The maximum atomic E-state index is 13.2. The van der Waals surface area contributed by atoms with Crippen molar-refractivity contribution in [3.05, 3.63) is 45.6 Å². The van der Waals surface area contributed by atoms with E-state index in [9.17, 15) is 27.8 Å². The smallest absolute Gasteiger partial charge is 0.390 e. The molecule has 0 aliphatic heterocycles. The van der Waals surface area contributed by atoms with Crippen molar-refractivity contribution < 1.29 is 27.8 Å². The molecule has 2 N–H and O–H groups in total. The Kier molecular flexibility index (Phi) is 4.71. The van der Waals surface area contributed by atoms with Crippen molar-refractivity contribution in [2.45, 2.75) is 18.4 Å². The highest BCUT2D eigenvalue weighted by molar-refractivity contribution is 5.28. The van der Waals surface area contributed by atoms with E-state index in [1.54, 1.807) is 0 Å². The third-order valence-corrected chi connectivity index (χ3v) is 2.34. The molecule has 0 fully saturated rings. The first-order valence-corrected chi connectivity index (χ1v) is 5.01. The van der Waals surface area contributed by atoms with E-state index in [4.69, 9.17) is 5.53 Å². The van der Waals surface area contributed by atoms with Gasteiger partial charge < -0.3 is 10.2 Å². The Morgan fingerprint density at radius 3 is 2.42 bits per heavy atom. The highest BCUT2D eigenvalue weighted by atomic mass is 19.4. The number of hydrogen-bond donors (Lipinski definition) is 2. The van der Waals surface area contributed by atoms with Crippen molar-refractivity contribution in [1.82, 2.24) is 0 Å². The molecule has 104 valence electrons. The molecular weight excluding hydrogens is 270 g/mol. The molecule has 5 nitrogen and oxygen atoms in total. The van der Waals surface area contributed by atoms with E-state index in [0.717, 1.165) is 6.07 Å². The SMILES string of the molecule is [N-]=[N+]=NCC(O)C(O)c1ccc(C(F)(F)F)c(F)c1. The van der Waals surface area contributed by atoms with Crippen LogP contribution in [0.1, 0.15) is 17.2 Å². The minimum absolute atomic E-state index is 0.244. The highest BCUT2D eigenvalue weighted by Crippen LogP contribution is 2.32. The average molecular weight is 279 g/mol. The van der Waals surface area contributed by atoms with Crippen molar-refractivity contribution >= 4 is 0 Å². The molecular formula is C10H9F4N3O2. The molecule has 0 heterocycles. The monoisotopic (exact) mass is 279 g/mol. The van der Waals surface area contributed by atoms with Crippen LogP contribution < -0.4 is 0 Å². The molecule has 2 unspecified atom stereocenters. The standard InChI is InChI=1S/C10H9F4N3O2/c11-7-3-5(1-2-6(7)10(12,13)14)9(19)8(18)4-16-17-15/h1-3,8-9,18-19H,4H2. The van der Waals surface area contributed by atoms with Gasteiger partial charge in [-0.3, -0.25) is 0 Å². The van der Waals surface area contributed by atoms with E-state index < -0.39 is 36.3 Å². The lowest BCUT2D eigenvalue weighted by Gasteiger charge is -2.17. The van der Waals surface area contributed by atoms with E-state index >= 15 is 0 Å². The predicted octanol–water partition coefficient (Wildman–Crippen LogP) is 2.55. The molecule has 0 radical (unpaired) electrons. The van der Waals surface area contributed by atoms with E-state index in [0.29, 0.717) is 12.1 Å². The van der Waals surface area contributed by atoms with Crippen molar-refractivity contribution in [3.63, 3.8) is 0 Å². The van der Waals surface area contributed by atoms with E-state index in [2.05, 4.69) is 10.0 Å². The summed E-state index contributed by atoms with van der Waals surface area (Å²) in [5, 5.41) is 21.9. The molecule has 0 aliphatic rings. The van der Waals surface area contributed by atoms with Crippen LogP contribution in [0.4, 0.5) is 17.6 Å². The average Bonchev–Trinajstić information content (AvgIpc) is 2.33. The van der Waals surface area contributed by atoms with Crippen LogP contribution in [-0.2, 0) is 6.18 Å². The molecule has 2 atom stereocenters. The minimum atomic E-state index is -4.84. The van der Waals surface area contributed by atoms with Crippen LogP contribution in [-0.4, -0.2) is 22.9 Å². The first kappa shape index (κ1) is 15.2. The third kappa shape index (κ3) is 3.82. The van der Waals surface area contributed by atoms with Gasteiger partial charge in [-0.1, -0.05) is 11.2 Å². The van der Waals surface area contributed by atoms with E-state index in [-0.39, 0.29) is 5.56 Å². The number of azide groups is 1. The summed E-state index contributed by atoms with van der Waals surface area (Å²) in [6.45, 7) is -0.486. The number of halogens is 4. The number of aliphatic hydroxyl groups is 2. The second-order valence-corrected chi connectivity index (χ2v) is 3.66. The first-order valence-electron chi connectivity index (χ1n) is 5.01. The summed E-state index contributed by atoms with van der Waals surface area (Å²) >= 11 is 0. The zero-order chi connectivity index (χ0) is 14.6. The Morgan fingerprint density at radius 1 is 1.32 bits per heavy atom. The van der Waals surface area contributed by atoms with Crippen LogP contribution in [0.5, 0.6) is 0 Å². The van der Waals surface area contributed by atoms with Crippen molar-refractivity contribution in [1.29, 1.82) is 0 Å². The Labute approximate surface area is 104 Å². The zero-order valence-electron chi connectivity index (χ0n) is 9.34. The third-order valence-electron chi connectivity index (χ3n) is 2.34. The van der Waals surface area contributed by atoms with E-state index in [1.807, 2.05) is 0 Å². The van der Waals surface area contributed by atoms with Gasteiger partial charge in [0.1, 0.15) is 11.9 Å². The largest absolute Gasteiger partial charge is 0.419 e. The fourth-order valence-corrected chi connectivity index (χ4v) is 1.39. The summed E-state index contributed by atoms with van der Waals surface area (Å²) in [5.74, 6) is -1.56. The summed E-state index contributed by atoms with van der Waals surface area (Å²) in [6, 6.07) is 1.79. The van der Waals surface area contributed by atoms with Crippen LogP contribution >= 0.6 is 0 Å².